The summed E-state index contributed by atoms with van der Waals surface area (Å²) in [6, 6.07) is 0. The molecule has 2 N–H and O–H groups in total. The van der Waals surface area contributed by atoms with Gasteiger partial charge in [-0.3, -0.25) is 0 Å². The van der Waals surface area contributed by atoms with Crippen molar-refractivity contribution in [3.8, 4) is 0 Å². The van der Waals surface area contributed by atoms with Crippen LogP contribution in [-0.2, 0) is 0 Å². The first-order valence-corrected chi connectivity index (χ1v) is 0.577. The van der Waals surface area contributed by atoms with Crippen LogP contribution in [0.4, 0.5) is 0 Å². The Morgan fingerprint density at radius 3 is 0.750 bits per heavy atom. The molecule has 0 heterocycles. The molecule has 48 valence electrons. The van der Waals surface area contributed by atoms with Gasteiger partial charge in [-0.25, -0.2) is 0 Å². The molecule has 0 aliphatic carbocycles. The van der Waals surface area contributed by atoms with Crippen LogP contribution in [0.1, 0.15) is 0 Å². The molecule has 0 atom stereocenters. The van der Waals surface area contributed by atoms with Crippen LogP contribution in [0.5, 0.6) is 0 Å². The Hall–Kier alpha value is 4.06. The molecule has 0 rings (SSSR count). The second-order valence-electron chi connectivity index (χ2n) is 0. The van der Waals surface area contributed by atoms with Crippen LogP contribution in [0.25, 0.3) is 0 Å². The molecule has 1 nitrogen and oxygen atoms in total. The predicted molar refractivity (Wildman–Crippen MR) is 21.6 cm³/mol. The van der Waals surface area contributed by atoms with Crippen molar-refractivity contribution in [3.63, 3.8) is 0 Å². The molecule has 2 radical (unpaired) electrons. The third-order valence-electron chi connectivity index (χ3n) is 0. The molecule has 0 unspecified atom stereocenters. The van der Waals surface area contributed by atoms with Gasteiger partial charge in [0.2, 0.25) is 0 Å². The third kappa shape index (κ3) is 50.1. The van der Waals surface area contributed by atoms with Gasteiger partial charge in [0.1, 0.15) is 0 Å². The van der Waals surface area contributed by atoms with E-state index in [0.29, 0.717) is 0 Å². The fourth-order valence-corrected chi connectivity index (χ4v) is 0. The number of nitrogens with two attached hydrogens (primary N) is 1. The molecule has 0 aromatic heterocycles. The molecule has 0 amide bonds. The zero-order valence-electron chi connectivity index (χ0n) is 4.30. The van der Waals surface area contributed by atoms with Crippen molar-refractivity contribution >= 4 is 65.0 Å². The van der Waals surface area contributed by atoms with Crippen molar-refractivity contribution in [2.45, 2.75) is 0 Å². The maximum Gasteiger partial charge on any atom is 2.00 e. The topological polar surface area (TPSA) is 26.0 Å². The number of halogens is 4. The fourth-order valence-electron chi connectivity index (χ4n) is 0. The van der Waals surface area contributed by atoms with Crippen LogP contribution < -0.4 is 73.7 Å². The van der Waals surface area contributed by atoms with Gasteiger partial charge < -0.3 is 73.7 Å². The van der Waals surface area contributed by atoms with E-state index in [1.165, 1.54) is 7.05 Å². The van der Waals surface area contributed by atoms with E-state index in [4.69, 9.17) is 0 Å². The average molecular weight is 598 g/mol. The van der Waals surface area contributed by atoms with Gasteiger partial charge in [0, 0.05) is 0 Å². The molecule has 7 heteroatoms. The maximum atomic E-state index is 4.50. The Bertz CT molecular complexity index is 16.0. The molecular weight excluding hydrogens is 593 g/mol. The summed E-state index contributed by atoms with van der Waals surface area (Å²) in [7, 11) is 1.50. The Balaban J connectivity index is -0.000000000333. The number of hydrogen-bond donors (Lipinski definition) is 1. The second kappa shape index (κ2) is 67.9. The normalized spacial score (nSPS) is 0.750. The molecular formula is CH5Br4CaNPb. The first-order chi connectivity index (χ1) is 1.00. The SMILES string of the molecule is CN.[Br-].[Br-].[Br-].[Br-].[Ca+2].[Pb+2]. The minimum atomic E-state index is 0. The first kappa shape index (κ1) is 57.6. The molecule has 0 aliphatic rings. The first-order valence-electron chi connectivity index (χ1n) is 0.577. The summed E-state index contributed by atoms with van der Waals surface area (Å²) >= 11 is 0. The van der Waals surface area contributed by atoms with Gasteiger partial charge in [-0.05, 0) is 7.05 Å². The van der Waals surface area contributed by atoms with Crippen molar-refractivity contribution in [1.29, 1.82) is 0 Å². The molecule has 0 fully saturated rings. The molecule has 0 aliphatic heterocycles. The smallest absolute Gasteiger partial charge is 1.00 e. The van der Waals surface area contributed by atoms with E-state index in [9.17, 15) is 0 Å². The molecule has 0 aromatic carbocycles. The molecule has 0 aromatic rings. The standard InChI is InChI=1S/CH5N.4BrH.Ca.Pb/c1-2;;;;;;/h2H2,1H3;4*1H;;/q;;;;;2*+2/p-4. The number of rotatable bonds is 0. The van der Waals surface area contributed by atoms with Gasteiger partial charge in [-0.1, -0.05) is 0 Å². The summed E-state index contributed by atoms with van der Waals surface area (Å²) in [5.41, 5.74) is 4.50. The molecule has 8 heavy (non-hydrogen) atoms. The summed E-state index contributed by atoms with van der Waals surface area (Å²) in [6.45, 7) is 0. The van der Waals surface area contributed by atoms with Crippen LogP contribution in [0.2, 0.25) is 0 Å². The van der Waals surface area contributed by atoms with E-state index >= 15 is 0 Å². The summed E-state index contributed by atoms with van der Waals surface area (Å²) in [6.07, 6.45) is 0. The Morgan fingerprint density at radius 1 is 0.750 bits per heavy atom. The van der Waals surface area contributed by atoms with Crippen LogP contribution in [0, 0.1) is 0 Å². The molecule has 0 bridgehead atoms. The largest absolute Gasteiger partial charge is 2.00 e. The van der Waals surface area contributed by atoms with Crippen molar-refractivity contribution in [1.82, 2.24) is 0 Å². The zero-order valence-corrected chi connectivity index (χ0v) is 16.7. The van der Waals surface area contributed by atoms with Crippen LogP contribution in [0.3, 0.4) is 0 Å². The third-order valence-corrected chi connectivity index (χ3v) is 0. The van der Waals surface area contributed by atoms with Crippen molar-refractivity contribution in [3.05, 3.63) is 0 Å². The summed E-state index contributed by atoms with van der Waals surface area (Å²) < 4.78 is 0. The van der Waals surface area contributed by atoms with Gasteiger partial charge in [-0.15, -0.1) is 0 Å². The van der Waals surface area contributed by atoms with Gasteiger partial charge in [0.05, 0.1) is 0 Å². The van der Waals surface area contributed by atoms with Gasteiger partial charge in [-0.2, -0.15) is 0 Å². The van der Waals surface area contributed by atoms with Crippen molar-refractivity contribution in [2.75, 3.05) is 7.05 Å². The van der Waals surface area contributed by atoms with Crippen molar-refractivity contribution < 1.29 is 67.9 Å². The molecule has 0 saturated carbocycles. The number of hydrogen-bond acceptors (Lipinski definition) is 1. The van der Waals surface area contributed by atoms with E-state index in [0.717, 1.165) is 0 Å². The molecule has 0 spiro atoms. The van der Waals surface area contributed by atoms with Crippen LogP contribution >= 0.6 is 0 Å². The van der Waals surface area contributed by atoms with E-state index in [1.807, 2.05) is 0 Å². The maximum absolute atomic E-state index is 4.50. The molecule has 0 saturated heterocycles. The minimum absolute atomic E-state index is 0. The van der Waals surface area contributed by atoms with E-state index in [-0.39, 0.29) is 133 Å². The van der Waals surface area contributed by atoms with E-state index in [2.05, 4.69) is 5.73 Å². The average Bonchev–Trinajstić information content (AvgIpc) is 1.00. The van der Waals surface area contributed by atoms with E-state index in [1.54, 1.807) is 0 Å². The predicted octanol–water partition coefficient (Wildman–Crippen LogP) is -13.2. The summed E-state index contributed by atoms with van der Waals surface area (Å²) in [5, 5.41) is 0. The zero-order chi connectivity index (χ0) is 2.00. The van der Waals surface area contributed by atoms with Crippen LogP contribution in [-0.4, -0.2) is 72.1 Å². The minimum Gasteiger partial charge on any atom is -1.00 e. The van der Waals surface area contributed by atoms with Gasteiger partial charge >= 0.3 is 65.0 Å². The fraction of sp³-hybridized carbons (Fsp3) is 1.00. The quantitative estimate of drug-likeness (QED) is 0.276. The Morgan fingerprint density at radius 2 is 0.750 bits per heavy atom. The summed E-state index contributed by atoms with van der Waals surface area (Å²) in [5.74, 6) is 0. The van der Waals surface area contributed by atoms with Gasteiger partial charge in [0.25, 0.3) is 0 Å². The van der Waals surface area contributed by atoms with Gasteiger partial charge in [0.15, 0.2) is 0 Å². The monoisotopic (exact) mass is 595 g/mol. The summed E-state index contributed by atoms with van der Waals surface area (Å²) in [4.78, 5) is 0. The van der Waals surface area contributed by atoms with Crippen molar-refractivity contribution in [2.24, 2.45) is 5.73 Å². The van der Waals surface area contributed by atoms with Crippen LogP contribution in [0.15, 0.2) is 0 Å². The van der Waals surface area contributed by atoms with E-state index < -0.39 is 0 Å². The Kier molecular flexibility index (Phi) is 489. The Labute approximate surface area is 143 Å². The second-order valence-corrected chi connectivity index (χ2v) is 0.